The lowest BCUT2D eigenvalue weighted by Crippen LogP contribution is -2.40. The SMILES string of the molecule is CCCCC(NC(=O)c1cn(C)nc1CC)C(=O)O. The fourth-order valence-corrected chi connectivity index (χ4v) is 1.89. The molecule has 0 aliphatic carbocycles. The molecule has 1 unspecified atom stereocenters. The maximum Gasteiger partial charge on any atom is 0.326 e. The normalized spacial score (nSPS) is 12.2. The lowest BCUT2D eigenvalue weighted by Gasteiger charge is -2.13. The highest BCUT2D eigenvalue weighted by molar-refractivity contribution is 5.97. The number of carboxylic acids is 1. The Labute approximate surface area is 112 Å². The Morgan fingerprint density at radius 2 is 2.16 bits per heavy atom. The smallest absolute Gasteiger partial charge is 0.326 e. The molecular formula is C13H21N3O3. The Bertz CT molecular complexity index is 454. The number of carboxylic acid groups (broad SMARTS) is 1. The average Bonchev–Trinajstić information content (AvgIpc) is 2.75. The van der Waals surface area contributed by atoms with Crippen molar-refractivity contribution >= 4 is 11.9 Å². The van der Waals surface area contributed by atoms with Gasteiger partial charge in [0.25, 0.3) is 5.91 Å². The van der Waals surface area contributed by atoms with Crippen molar-refractivity contribution in [2.45, 2.75) is 45.6 Å². The number of hydrogen-bond donors (Lipinski definition) is 2. The van der Waals surface area contributed by atoms with Crippen LogP contribution in [0.5, 0.6) is 0 Å². The molecule has 0 aliphatic rings. The topological polar surface area (TPSA) is 84.2 Å². The molecule has 0 aromatic carbocycles. The summed E-state index contributed by atoms with van der Waals surface area (Å²) in [6, 6.07) is -0.836. The molecule has 0 radical (unpaired) electrons. The van der Waals surface area contributed by atoms with E-state index < -0.39 is 12.0 Å². The fraction of sp³-hybridized carbons (Fsp3) is 0.615. The van der Waals surface area contributed by atoms with Crippen molar-refractivity contribution in [3.05, 3.63) is 17.5 Å². The van der Waals surface area contributed by atoms with E-state index in [9.17, 15) is 9.59 Å². The molecular weight excluding hydrogens is 246 g/mol. The van der Waals surface area contributed by atoms with Gasteiger partial charge >= 0.3 is 5.97 Å². The van der Waals surface area contributed by atoms with E-state index in [0.29, 0.717) is 24.1 Å². The second kappa shape index (κ2) is 6.92. The molecule has 2 N–H and O–H groups in total. The van der Waals surface area contributed by atoms with Crippen LogP contribution in [0.1, 0.15) is 49.2 Å². The van der Waals surface area contributed by atoms with Crippen molar-refractivity contribution in [3.63, 3.8) is 0 Å². The minimum atomic E-state index is -0.997. The van der Waals surface area contributed by atoms with E-state index in [4.69, 9.17) is 5.11 Å². The quantitative estimate of drug-likeness (QED) is 0.781. The Morgan fingerprint density at radius 1 is 1.47 bits per heavy atom. The lowest BCUT2D eigenvalue weighted by molar-refractivity contribution is -0.139. The summed E-state index contributed by atoms with van der Waals surface area (Å²) in [7, 11) is 1.74. The molecule has 0 bridgehead atoms. The molecule has 6 heteroatoms. The third-order valence-electron chi connectivity index (χ3n) is 2.93. The van der Waals surface area contributed by atoms with Crippen molar-refractivity contribution in [1.29, 1.82) is 0 Å². The summed E-state index contributed by atoms with van der Waals surface area (Å²) in [5.41, 5.74) is 1.13. The first kappa shape index (κ1) is 15.2. The third kappa shape index (κ3) is 4.08. The molecule has 0 spiro atoms. The minimum Gasteiger partial charge on any atom is -0.480 e. The van der Waals surface area contributed by atoms with Gasteiger partial charge in [0.05, 0.1) is 11.3 Å². The van der Waals surface area contributed by atoms with Gasteiger partial charge in [-0.15, -0.1) is 0 Å². The third-order valence-corrected chi connectivity index (χ3v) is 2.93. The number of amides is 1. The lowest BCUT2D eigenvalue weighted by atomic mass is 10.1. The molecule has 0 aliphatic heterocycles. The van der Waals surface area contributed by atoms with Crippen molar-refractivity contribution < 1.29 is 14.7 Å². The average molecular weight is 267 g/mol. The van der Waals surface area contributed by atoms with Crippen LogP contribution in [-0.4, -0.2) is 32.8 Å². The molecule has 1 aromatic heterocycles. The maximum atomic E-state index is 12.1. The van der Waals surface area contributed by atoms with Crippen LogP contribution in [0, 0.1) is 0 Å². The highest BCUT2D eigenvalue weighted by Gasteiger charge is 2.22. The van der Waals surface area contributed by atoms with Crippen LogP contribution in [0.2, 0.25) is 0 Å². The van der Waals surface area contributed by atoms with Crippen molar-refractivity contribution in [1.82, 2.24) is 15.1 Å². The predicted octanol–water partition coefficient (Wildman–Crippen LogP) is 1.36. The highest BCUT2D eigenvalue weighted by atomic mass is 16.4. The second-order valence-corrected chi connectivity index (χ2v) is 4.52. The van der Waals surface area contributed by atoms with Crippen LogP contribution >= 0.6 is 0 Å². The molecule has 106 valence electrons. The summed E-state index contributed by atoms with van der Waals surface area (Å²) in [5.74, 6) is -1.36. The van der Waals surface area contributed by atoms with Gasteiger partial charge in [0.2, 0.25) is 0 Å². The van der Waals surface area contributed by atoms with E-state index >= 15 is 0 Å². The molecule has 0 saturated heterocycles. The van der Waals surface area contributed by atoms with E-state index in [2.05, 4.69) is 10.4 Å². The van der Waals surface area contributed by atoms with E-state index in [1.54, 1.807) is 17.9 Å². The number of carbonyl (C=O) groups excluding carboxylic acids is 1. The number of aliphatic carboxylic acids is 1. The number of aromatic nitrogens is 2. The van der Waals surface area contributed by atoms with Gasteiger partial charge in [0.1, 0.15) is 6.04 Å². The van der Waals surface area contributed by atoms with Crippen LogP contribution in [0.25, 0.3) is 0 Å². The van der Waals surface area contributed by atoms with Crippen LogP contribution < -0.4 is 5.32 Å². The summed E-state index contributed by atoms with van der Waals surface area (Å²) < 4.78 is 1.57. The monoisotopic (exact) mass is 267 g/mol. The number of rotatable bonds is 7. The first-order valence-corrected chi connectivity index (χ1v) is 6.55. The van der Waals surface area contributed by atoms with Crippen molar-refractivity contribution in [2.75, 3.05) is 0 Å². The molecule has 0 saturated carbocycles. The van der Waals surface area contributed by atoms with Gasteiger partial charge in [-0.05, 0) is 12.8 Å². The van der Waals surface area contributed by atoms with Crippen molar-refractivity contribution in [2.24, 2.45) is 7.05 Å². The summed E-state index contributed by atoms with van der Waals surface area (Å²) in [6.07, 6.45) is 4.36. The predicted molar refractivity (Wildman–Crippen MR) is 71.0 cm³/mol. The fourth-order valence-electron chi connectivity index (χ4n) is 1.89. The van der Waals surface area contributed by atoms with Crippen LogP contribution in [0.3, 0.4) is 0 Å². The summed E-state index contributed by atoms with van der Waals surface area (Å²) in [6.45, 7) is 3.89. The van der Waals surface area contributed by atoms with Gasteiger partial charge in [-0.1, -0.05) is 26.7 Å². The van der Waals surface area contributed by atoms with E-state index in [1.165, 1.54) is 0 Å². The Kier molecular flexibility index (Phi) is 5.54. The molecule has 1 amide bonds. The van der Waals surface area contributed by atoms with Crippen LogP contribution in [0.15, 0.2) is 6.20 Å². The Balaban J connectivity index is 2.78. The zero-order valence-corrected chi connectivity index (χ0v) is 11.6. The van der Waals surface area contributed by atoms with E-state index in [1.807, 2.05) is 13.8 Å². The highest BCUT2D eigenvalue weighted by Crippen LogP contribution is 2.09. The van der Waals surface area contributed by atoms with Gasteiger partial charge in [-0.2, -0.15) is 5.10 Å². The van der Waals surface area contributed by atoms with Gasteiger partial charge in [0.15, 0.2) is 0 Å². The zero-order chi connectivity index (χ0) is 14.4. The zero-order valence-electron chi connectivity index (χ0n) is 11.6. The number of carbonyl (C=O) groups is 2. The summed E-state index contributed by atoms with van der Waals surface area (Å²) in [4.78, 5) is 23.2. The van der Waals surface area contributed by atoms with Crippen molar-refractivity contribution in [3.8, 4) is 0 Å². The van der Waals surface area contributed by atoms with Gasteiger partial charge < -0.3 is 10.4 Å². The second-order valence-electron chi connectivity index (χ2n) is 4.52. The Morgan fingerprint density at radius 3 is 2.68 bits per heavy atom. The van der Waals surface area contributed by atoms with Crippen LogP contribution in [-0.2, 0) is 18.3 Å². The van der Waals surface area contributed by atoms with Gasteiger partial charge in [0, 0.05) is 13.2 Å². The number of nitrogens with zero attached hydrogens (tertiary/aromatic N) is 2. The summed E-state index contributed by atoms with van der Waals surface area (Å²) >= 11 is 0. The molecule has 1 atom stereocenters. The van der Waals surface area contributed by atoms with E-state index in [-0.39, 0.29) is 5.91 Å². The molecule has 1 rings (SSSR count). The molecule has 0 fully saturated rings. The molecule has 1 aromatic rings. The molecule has 6 nitrogen and oxygen atoms in total. The van der Waals surface area contributed by atoms with E-state index in [0.717, 1.165) is 12.8 Å². The van der Waals surface area contributed by atoms with Crippen LogP contribution in [0.4, 0.5) is 0 Å². The minimum absolute atomic E-state index is 0.367. The Hall–Kier alpha value is -1.85. The summed E-state index contributed by atoms with van der Waals surface area (Å²) in [5, 5.41) is 15.8. The molecule has 1 heterocycles. The van der Waals surface area contributed by atoms with Gasteiger partial charge in [-0.25, -0.2) is 4.79 Å². The van der Waals surface area contributed by atoms with Gasteiger partial charge in [-0.3, -0.25) is 9.48 Å². The maximum absolute atomic E-state index is 12.1. The number of hydrogen-bond acceptors (Lipinski definition) is 3. The standard InChI is InChI=1S/C13H21N3O3/c1-4-6-7-11(13(18)19)14-12(17)9-8-16(3)15-10(9)5-2/h8,11H,4-7H2,1-3H3,(H,14,17)(H,18,19). The number of nitrogens with one attached hydrogen (secondary N) is 1. The number of unbranched alkanes of at least 4 members (excludes halogenated alkanes) is 1. The molecule has 19 heavy (non-hydrogen) atoms. The largest absolute Gasteiger partial charge is 0.480 e. The first-order chi connectivity index (χ1) is 8.99. The first-order valence-electron chi connectivity index (χ1n) is 6.55. The number of aryl methyl sites for hydroxylation is 2.